The maximum atomic E-state index is 4.81. The number of hydrogen-bond donors (Lipinski definition) is 0. The first-order chi connectivity index (χ1) is 31.3. The Labute approximate surface area is 368 Å². The van der Waals surface area contributed by atoms with E-state index in [1.54, 1.807) is 0 Å². The number of anilines is 6. The van der Waals surface area contributed by atoms with Gasteiger partial charge >= 0.3 is 0 Å². The summed E-state index contributed by atoms with van der Waals surface area (Å²) in [5.74, 6) is 0. The van der Waals surface area contributed by atoms with E-state index in [-0.39, 0.29) is 13.4 Å². The second-order valence-electron chi connectivity index (χ2n) is 17.0. The number of hydrogen-bond acceptors (Lipinski definition) is 3. The van der Waals surface area contributed by atoms with Crippen LogP contribution in [0.2, 0.25) is 0 Å². The lowest BCUT2D eigenvalue weighted by atomic mass is 9.27. The maximum absolute atomic E-state index is 4.81. The molecule has 10 aromatic rings. The molecule has 3 nitrogen and oxygen atoms in total. The van der Waals surface area contributed by atoms with Crippen molar-refractivity contribution < 1.29 is 0 Å². The summed E-state index contributed by atoms with van der Waals surface area (Å²) in [7, 11) is 0. The van der Waals surface area contributed by atoms with Gasteiger partial charge in [-0.2, -0.15) is 0 Å². The fourth-order valence-corrected chi connectivity index (χ4v) is 11.6. The number of pyridine rings is 1. The van der Waals surface area contributed by atoms with Gasteiger partial charge < -0.3 is 9.80 Å². The van der Waals surface area contributed by atoms with Crippen molar-refractivity contribution in [2.45, 2.75) is 5.41 Å². The van der Waals surface area contributed by atoms with Crippen LogP contribution in [-0.4, -0.2) is 18.4 Å². The molecule has 0 saturated carbocycles. The van der Waals surface area contributed by atoms with Gasteiger partial charge in [0.1, 0.15) is 0 Å². The molecular formula is C58H39B2N3. The quantitative estimate of drug-likeness (QED) is 0.162. The van der Waals surface area contributed by atoms with E-state index in [4.69, 9.17) is 4.98 Å². The van der Waals surface area contributed by atoms with Crippen molar-refractivity contribution in [3.8, 4) is 0 Å². The van der Waals surface area contributed by atoms with Gasteiger partial charge in [-0.1, -0.05) is 199 Å². The first-order valence-electron chi connectivity index (χ1n) is 21.9. The Morgan fingerprint density at radius 1 is 0.397 bits per heavy atom. The Bertz CT molecular complexity index is 3330. The van der Waals surface area contributed by atoms with Gasteiger partial charge in [0.15, 0.2) is 0 Å². The number of nitrogens with zero attached hydrogens (tertiary/aromatic N) is 3. The Morgan fingerprint density at radius 3 is 1.68 bits per heavy atom. The first-order valence-corrected chi connectivity index (χ1v) is 21.9. The summed E-state index contributed by atoms with van der Waals surface area (Å²) in [6.07, 6.45) is 3.92. The zero-order chi connectivity index (χ0) is 41.5. The molecule has 0 spiro atoms. The third kappa shape index (κ3) is 5.08. The highest BCUT2D eigenvalue weighted by Crippen LogP contribution is 2.52. The second-order valence-corrected chi connectivity index (χ2v) is 17.0. The molecule has 3 aliphatic heterocycles. The average molecular weight is 800 g/mol. The SMILES string of the molecule is c1ccc(B2c3ccccc3N(c3cccc4ccccc34)c3cc4c5c(c32)N(c2cccnc2)c2ccccc2B5c2ccccc2C4(c2ccccc2)c2ccccc2)cc1. The molecule has 9 aromatic carbocycles. The van der Waals surface area contributed by atoms with Crippen molar-refractivity contribution in [3.05, 3.63) is 259 Å². The largest absolute Gasteiger partial charge is 0.311 e. The zero-order valence-electron chi connectivity index (χ0n) is 34.5. The van der Waals surface area contributed by atoms with Crippen LogP contribution >= 0.6 is 0 Å². The maximum Gasteiger partial charge on any atom is 0.249 e. The molecule has 1 aromatic heterocycles. The van der Waals surface area contributed by atoms with Gasteiger partial charge in [0.25, 0.3) is 0 Å². The van der Waals surface area contributed by atoms with Crippen LogP contribution in [0, 0.1) is 0 Å². The minimum atomic E-state index is -0.675. The second kappa shape index (κ2) is 14.1. The lowest BCUT2D eigenvalue weighted by molar-refractivity contribution is 0.751. The van der Waals surface area contributed by atoms with Crippen LogP contribution < -0.4 is 42.6 Å². The van der Waals surface area contributed by atoms with Crippen molar-refractivity contribution in [2.75, 3.05) is 9.80 Å². The minimum Gasteiger partial charge on any atom is -0.311 e. The summed E-state index contributed by atoms with van der Waals surface area (Å²) in [5, 5.41) is 2.42. The number of rotatable bonds is 5. The van der Waals surface area contributed by atoms with Crippen molar-refractivity contribution >= 4 is 91.1 Å². The number of aromatic nitrogens is 1. The highest BCUT2D eigenvalue weighted by molar-refractivity contribution is 7.02. The van der Waals surface area contributed by atoms with Crippen LogP contribution in [0.3, 0.4) is 0 Å². The number of fused-ring (bicyclic) bond motifs is 8. The molecule has 0 aliphatic carbocycles. The summed E-state index contributed by atoms with van der Waals surface area (Å²) in [6.45, 7) is -0.130. The predicted molar refractivity (Wildman–Crippen MR) is 265 cm³/mol. The van der Waals surface area contributed by atoms with E-state index in [0.29, 0.717) is 0 Å². The summed E-state index contributed by atoms with van der Waals surface area (Å²) in [4.78, 5) is 9.95. The van der Waals surface area contributed by atoms with Gasteiger partial charge in [0.05, 0.1) is 23.0 Å². The van der Waals surface area contributed by atoms with E-state index in [1.165, 1.54) is 88.6 Å². The van der Waals surface area contributed by atoms with Crippen molar-refractivity contribution in [2.24, 2.45) is 0 Å². The highest BCUT2D eigenvalue weighted by atomic mass is 15.2. The number of benzene rings is 9. The lowest BCUT2D eigenvalue weighted by Crippen LogP contribution is -2.68. The molecule has 0 amide bonds. The molecule has 0 bridgehead atoms. The van der Waals surface area contributed by atoms with E-state index in [9.17, 15) is 0 Å². The third-order valence-electron chi connectivity index (χ3n) is 13.9. The van der Waals surface area contributed by atoms with Crippen molar-refractivity contribution in [3.63, 3.8) is 0 Å². The smallest absolute Gasteiger partial charge is 0.249 e. The molecule has 292 valence electrons. The van der Waals surface area contributed by atoms with Crippen molar-refractivity contribution in [1.29, 1.82) is 0 Å². The molecule has 0 atom stereocenters. The van der Waals surface area contributed by atoms with E-state index in [0.717, 1.165) is 11.4 Å². The summed E-state index contributed by atoms with van der Waals surface area (Å²) >= 11 is 0. The van der Waals surface area contributed by atoms with Crippen LogP contribution in [-0.2, 0) is 5.41 Å². The standard InChI is InChI=1S/C58H39B2N3/c1-4-22-41(23-5-1)58(42-24-6-2-7-25-42)46-30-12-13-31-48(46)60-50-33-15-16-34-52(50)62(44-28-19-37-61-39-44)57-55(60)47(58)38-54-56(57)59(43-26-8-3-9-27-43)49-32-14-17-35-53(49)63(54)51-36-18-21-40-20-10-11-29-45(40)51/h1-39H. The normalized spacial score (nSPS) is 14.0. The van der Waals surface area contributed by atoms with E-state index < -0.39 is 5.41 Å². The van der Waals surface area contributed by atoms with E-state index in [1.807, 2.05) is 12.4 Å². The van der Waals surface area contributed by atoms with Crippen LogP contribution in [0.15, 0.2) is 237 Å². The molecule has 0 radical (unpaired) electrons. The number of para-hydroxylation sites is 2. The van der Waals surface area contributed by atoms with Crippen LogP contribution in [0.1, 0.15) is 22.3 Å². The van der Waals surface area contributed by atoms with Crippen LogP contribution in [0.5, 0.6) is 0 Å². The summed E-state index contributed by atoms with van der Waals surface area (Å²) < 4.78 is 0. The molecule has 0 N–H and O–H groups in total. The Kier molecular flexibility index (Phi) is 8.01. The van der Waals surface area contributed by atoms with E-state index >= 15 is 0 Å². The fourth-order valence-electron chi connectivity index (χ4n) is 11.6. The average Bonchev–Trinajstić information content (AvgIpc) is 3.36. The van der Waals surface area contributed by atoms with Crippen LogP contribution in [0.25, 0.3) is 10.8 Å². The summed E-state index contributed by atoms with van der Waals surface area (Å²) in [6, 6.07) is 83.6. The van der Waals surface area contributed by atoms with Gasteiger partial charge in [-0.3, -0.25) is 4.98 Å². The molecule has 0 saturated heterocycles. The monoisotopic (exact) mass is 799 g/mol. The third-order valence-corrected chi connectivity index (χ3v) is 13.9. The Hall–Kier alpha value is -7.88. The van der Waals surface area contributed by atoms with E-state index in [2.05, 4.69) is 234 Å². The summed E-state index contributed by atoms with van der Waals surface area (Å²) in [5.41, 5.74) is 19.1. The molecule has 5 heteroatoms. The molecule has 0 unspecified atom stereocenters. The van der Waals surface area contributed by atoms with Crippen LogP contribution in [0.4, 0.5) is 34.1 Å². The lowest BCUT2D eigenvalue weighted by Gasteiger charge is -2.51. The van der Waals surface area contributed by atoms with Gasteiger partial charge in [-0.05, 0) is 85.9 Å². The molecule has 0 fully saturated rings. The molecular weight excluding hydrogens is 760 g/mol. The molecule has 3 aliphatic rings. The molecule has 13 rings (SSSR count). The molecule has 63 heavy (non-hydrogen) atoms. The zero-order valence-corrected chi connectivity index (χ0v) is 34.5. The van der Waals surface area contributed by atoms with Gasteiger partial charge in [-0.15, -0.1) is 0 Å². The van der Waals surface area contributed by atoms with Crippen molar-refractivity contribution in [1.82, 2.24) is 4.98 Å². The van der Waals surface area contributed by atoms with Gasteiger partial charge in [0, 0.05) is 34.3 Å². The molecule has 4 heterocycles. The van der Waals surface area contributed by atoms with Gasteiger partial charge in [0.2, 0.25) is 13.4 Å². The fraction of sp³-hybridized carbons (Fsp3) is 0.0172. The first kappa shape index (κ1) is 35.8. The minimum absolute atomic E-state index is 0.0410. The predicted octanol–water partition coefficient (Wildman–Crippen LogP) is 9.53. The Morgan fingerprint density at radius 2 is 0.968 bits per heavy atom. The topological polar surface area (TPSA) is 19.4 Å². The Balaban J connectivity index is 1.30. The van der Waals surface area contributed by atoms with Gasteiger partial charge in [-0.25, -0.2) is 0 Å². The highest BCUT2D eigenvalue weighted by Gasteiger charge is 2.54.